The first kappa shape index (κ1) is 18.4. The van der Waals surface area contributed by atoms with Crippen molar-refractivity contribution in [3.8, 4) is 5.75 Å². The molecule has 0 saturated carbocycles. The number of benzene rings is 2. The molecule has 0 aliphatic carbocycles. The number of rotatable bonds is 7. The van der Waals surface area contributed by atoms with Gasteiger partial charge in [0.1, 0.15) is 5.56 Å². The van der Waals surface area contributed by atoms with Crippen LogP contribution >= 0.6 is 0 Å². The van der Waals surface area contributed by atoms with Gasteiger partial charge in [-0.1, -0.05) is 43.3 Å². The third-order valence-corrected chi connectivity index (χ3v) is 3.72. The monoisotopic (exact) mass is 340 g/mol. The summed E-state index contributed by atoms with van der Waals surface area (Å²) in [5.74, 6) is -1.40. The van der Waals surface area contributed by atoms with Gasteiger partial charge in [0.2, 0.25) is 0 Å². The van der Waals surface area contributed by atoms with E-state index in [0.717, 1.165) is 5.56 Å². The van der Waals surface area contributed by atoms with E-state index in [9.17, 15) is 14.4 Å². The predicted octanol–water partition coefficient (Wildman–Crippen LogP) is 3.60. The summed E-state index contributed by atoms with van der Waals surface area (Å²) in [6.07, 6.45) is 0.885. The normalized spacial score (nSPS) is 10.2. The number of hydrogen-bond donors (Lipinski definition) is 0. The molecule has 130 valence electrons. The van der Waals surface area contributed by atoms with Crippen molar-refractivity contribution in [3.63, 3.8) is 0 Å². The Bertz CT molecular complexity index is 731. The maximum atomic E-state index is 12.2. The van der Waals surface area contributed by atoms with Crippen molar-refractivity contribution in [2.24, 2.45) is 0 Å². The summed E-state index contributed by atoms with van der Waals surface area (Å²) in [7, 11) is 1.23. The fourth-order valence-corrected chi connectivity index (χ4v) is 2.38. The van der Waals surface area contributed by atoms with Gasteiger partial charge in [0.25, 0.3) is 0 Å². The summed E-state index contributed by atoms with van der Waals surface area (Å²) in [6, 6.07) is 14.1. The molecule has 0 unspecified atom stereocenters. The Morgan fingerprint density at radius 1 is 0.920 bits per heavy atom. The summed E-state index contributed by atoms with van der Waals surface area (Å²) in [6.45, 7) is 1.70. The second-order valence-electron chi connectivity index (χ2n) is 5.41. The van der Waals surface area contributed by atoms with Gasteiger partial charge in [-0.3, -0.25) is 9.59 Å². The van der Waals surface area contributed by atoms with Crippen LogP contribution in [0.25, 0.3) is 0 Å². The Morgan fingerprint density at radius 3 is 2.24 bits per heavy atom. The third-order valence-electron chi connectivity index (χ3n) is 3.72. The van der Waals surface area contributed by atoms with E-state index in [1.165, 1.54) is 19.2 Å². The Labute approximate surface area is 146 Å². The number of methoxy groups -OCH3 is 1. The van der Waals surface area contributed by atoms with E-state index in [1.807, 2.05) is 30.3 Å². The van der Waals surface area contributed by atoms with Gasteiger partial charge in [-0.05, 0) is 24.1 Å². The van der Waals surface area contributed by atoms with Crippen LogP contribution in [0.2, 0.25) is 0 Å². The lowest BCUT2D eigenvalue weighted by Gasteiger charge is -2.12. The highest BCUT2D eigenvalue weighted by atomic mass is 16.5. The number of ether oxygens (including phenoxy) is 2. The number of para-hydroxylation sites is 1. The molecule has 0 amide bonds. The zero-order valence-electron chi connectivity index (χ0n) is 14.3. The summed E-state index contributed by atoms with van der Waals surface area (Å²) < 4.78 is 10.1. The minimum atomic E-state index is -0.656. The molecule has 0 fully saturated rings. The van der Waals surface area contributed by atoms with E-state index < -0.39 is 11.9 Å². The minimum Gasteiger partial charge on any atom is -0.465 e. The van der Waals surface area contributed by atoms with Crippen LogP contribution in [0.15, 0.2) is 48.5 Å². The quantitative estimate of drug-likeness (QED) is 0.437. The van der Waals surface area contributed by atoms with Crippen LogP contribution in [0.3, 0.4) is 0 Å². The number of carbonyl (C=O) groups is 3. The average Bonchev–Trinajstić information content (AvgIpc) is 2.66. The minimum absolute atomic E-state index is 0.0285. The molecule has 5 heteroatoms. The molecule has 2 rings (SSSR count). The van der Waals surface area contributed by atoms with Crippen molar-refractivity contribution in [1.82, 2.24) is 0 Å². The molecule has 2 aromatic carbocycles. The van der Waals surface area contributed by atoms with E-state index in [0.29, 0.717) is 6.42 Å². The van der Waals surface area contributed by atoms with Crippen LogP contribution < -0.4 is 4.74 Å². The van der Waals surface area contributed by atoms with E-state index in [2.05, 4.69) is 0 Å². The number of aryl methyl sites for hydroxylation is 1. The maximum Gasteiger partial charge on any atom is 0.341 e. The fraction of sp³-hybridized carbons (Fsp3) is 0.250. The van der Waals surface area contributed by atoms with Crippen molar-refractivity contribution in [3.05, 3.63) is 65.2 Å². The van der Waals surface area contributed by atoms with Gasteiger partial charge in [0.05, 0.1) is 12.7 Å². The van der Waals surface area contributed by atoms with Crippen LogP contribution in [0, 0.1) is 0 Å². The summed E-state index contributed by atoms with van der Waals surface area (Å²) in [5.41, 5.74) is 1.28. The van der Waals surface area contributed by atoms with Crippen LogP contribution in [-0.2, 0) is 16.0 Å². The molecule has 0 aliphatic heterocycles. The summed E-state index contributed by atoms with van der Waals surface area (Å²) in [5, 5.41) is 0. The molecule has 25 heavy (non-hydrogen) atoms. The predicted molar refractivity (Wildman–Crippen MR) is 92.8 cm³/mol. The first-order valence-electron chi connectivity index (χ1n) is 8.06. The molecule has 0 heterocycles. The van der Waals surface area contributed by atoms with Crippen LogP contribution in [0.1, 0.15) is 46.0 Å². The topological polar surface area (TPSA) is 69.7 Å². The standard InChI is InChI=1S/C20H20O5/c1-3-17(21)15-10-7-11-16(20(23)24-2)19(15)25-18(22)13-12-14-8-5-4-6-9-14/h4-11H,3,12-13H2,1-2H3. The number of Topliss-reactive ketones (excluding diaryl/α,β-unsaturated/α-hetero) is 1. The van der Waals surface area contributed by atoms with Crippen LogP contribution in [0.4, 0.5) is 0 Å². The van der Waals surface area contributed by atoms with Gasteiger partial charge >= 0.3 is 11.9 Å². The zero-order chi connectivity index (χ0) is 18.2. The van der Waals surface area contributed by atoms with E-state index >= 15 is 0 Å². The van der Waals surface area contributed by atoms with Crippen LogP contribution in [-0.4, -0.2) is 24.8 Å². The van der Waals surface area contributed by atoms with Gasteiger partial charge in [0.15, 0.2) is 11.5 Å². The molecule has 0 atom stereocenters. The highest BCUT2D eigenvalue weighted by molar-refractivity contribution is 6.04. The molecule has 0 aliphatic rings. The van der Waals surface area contributed by atoms with Crippen molar-refractivity contribution in [1.29, 1.82) is 0 Å². The van der Waals surface area contributed by atoms with Gasteiger partial charge < -0.3 is 9.47 Å². The highest BCUT2D eigenvalue weighted by Crippen LogP contribution is 2.27. The second-order valence-corrected chi connectivity index (χ2v) is 5.41. The fourth-order valence-electron chi connectivity index (χ4n) is 2.38. The van der Waals surface area contributed by atoms with E-state index in [-0.39, 0.29) is 35.5 Å². The van der Waals surface area contributed by atoms with Crippen molar-refractivity contribution in [2.45, 2.75) is 26.2 Å². The first-order valence-corrected chi connectivity index (χ1v) is 8.06. The van der Waals surface area contributed by atoms with E-state index in [4.69, 9.17) is 9.47 Å². The Kier molecular flexibility index (Phi) is 6.46. The number of esters is 2. The second kappa shape index (κ2) is 8.78. The molecule has 0 aromatic heterocycles. The molecular formula is C20H20O5. The Hall–Kier alpha value is -2.95. The molecule has 0 bridgehead atoms. The van der Waals surface area contributed by atoms with Gasteiger partial charge in [-0.15, -0.1) is 0 Å². The molecule has 5 nitrogen and oxygen atoms in total. The molecule has 0 radical (unpaired) electrons. The SMILES string of the molecule is CCC(=O)c1cccc(C(=O)OC)c1OC(=O)CCc1ccccc1. The van der Waals surface area contributed by atoms with Gasteiger partial charge in [-0.25, -0.2) is 4.79 Å². The summed E-state index contributed by atoms with van der Waals surface area (Å²) >= 11 is 0. The van der Waals surface area contributed by atoms with Crippen LogP contribution in [0.5, 0.6) is 5.75 Å². The third kappa shape index (κ3) is 4.76. The van der Waals surface area contributed by atoms with Gasteiger partial charge in [-0.2, -0.15) is 0 Å². The zero-order valence-corrected chi connectivity index (χ0v) is 14.3. The van der Waals surface area contributed by atoms with Gasteiger partial charge in [0, 0.05) is 12.8 Å². The van der Waals surface area contributed by atoms with Crippen molar-refractivity contribution < 1.29 is 23.9 Å². The lowest BCUT2D eigenvalue weighted by molar-refractivity contribution is -0.134. The van der Waals surface area contributed by atoms with E-state index in [1.54, 1.807) is 13.0 Å². The lowest BCUT2D eigenvalue weighted by Crippen LogP contribution is -2.16. The molecular weight excluding hydrogens is 320 g/mol. The number of carbonyl (C=O) groups excluding carboxylic acids is 3. The lowest BCUT2D eigenvalue weighted by atomic mass is 10.0. The first-order chi connectivity index (χ1) is 12.1. The average molecular weight is 340 g/mol. The molecule has 2 aromatic rings. The summed E-state index contributed by atoms with van der Waals surface area (Å²) in [4.78, 5) is 36.3. The Balaban J connectivity index is 2.22. The van der Waals surface area contributed by atoms with Crippen molar-refractivity contribution >= 4 is 17.7 Å². The molecule has 0 spiro atoms. The highest BCUT2D eigenvalue weighted by Gasteiger charge is 2.22. The smallest absolute Gasteiger partial charge is 0.341 e. The largest absolute Gasteiger partial charge is 0.465 e. The number of hydrogen-bond acceptors (Lipinski definition) is 5. The molecule has 0 N–H and O–H groups in total. The van der Waals surface area contributed by atoms with Crippen molar-refractivity contribution in [2.75, 3.05) is 7.11 Å². The maximum absolute atomic E-state index is 12.2. The Morgan fingerprint density at radius 2 is 1.60 bits per heavy atom. The molecule has 0 saturated heterocycles. The number of ketones is 1.